The Morgan fingerprint density at radius 3 is 2.59 bits per heavy atom. The van der Waals surface area contributed by atoms with Crippen LogP contribution in [0, 0.1) is 0 Å². The van der Waals surface area contributed by atoms with Gasteiger partial charge in [0.2, 0.25) is 0 Å². The van der Waals surface area contributed by atoms with Crippen molar-refractivity contribution in [2.24, 2.45) is 0 Å². The van der Waals surface area contributed by atoms with Gasteiger partial charge in [-0.05, 0) is 6.42 Å². The van der Waals surface area contributed by atoms with Gasteiger partial charge in [-0.3, -0.25) is 0 Å². The predicted molar refractivity (Wildman–Crippen MR) is 74.1 cm³/mol. The van der Waals surface area contributed by atoms with Crippen LogP contribution in [0.2, 0.25) is 0 Å². The third-order valence-electron chi connectivity index (χ3n) is 2.05. The van der Waals surface area contributed by atoms with Crippen molar-refractivity contribution in [3.05, 3.63) is 15.6 Å². The minimum Gasteiger partial charge on any atom is -0.477 e. The lowest BCUT2D eigenvalue weighted by molar-refractivity contribution is 0.0700. The van der Waals surface area contributed by atoms with E-state index in [9.17, 15) is 4.79 Å². The lowest BCUT2D eigenvalue weighted by Gasteiger charge is -2.16. The van der Waals surface area contributed by atoms with Gasteiger partial charge in [-0.25, -0.2) is 9.78 Å². The predicted octanol–water partition coefficient (Wildman–Crippen LogP) is 3.83. The smallest absolute Gasteiger partial charge is 0.347 e. The number of carbonyl (C=O) groups is 1. The van der Waals surface area contributed by atoms with Crippen molar-refractivity contribution in [1.29, 1.82) is 0 Å². The van der Waals surface area contributed by atoms with Crippen molar-refractivity contribution in [1.82, 2.24) is 4.98 Å². The van der Waals surface area contributed by atoms with E-state index in [4.69, 9.17) is 5.11 Å². The summed E-state index contributed by atoms with van der Waals surface area (Å²) in [6.07, 6.45) is 1.67. The zero-order valence-electron chi connectivity index (χ0n) is 10.7. The lowest BCUT2D eigenvalue weighted by Crippen LogP contribution is -2.07. The molecule has 0 saturated heterocycles. The fourth-order valence-electron chi connectivity index (χ4n) is 1.31. The van der Waals surface area contributed by atoms with Gasteiger partial charge in [-0.15, -0.1) is 23.1 Å². The Hall–Kier alpha value is -0.550. The van der Waals surface area contributed by atoms with Crippen LogP contribution in [-0.2, 0) is 12.2 Å². The second-order valence-electron chi connectivity index (χ2n) is 4.84. The van der Waals surface area contributed by atoms with Gasteiger partial charge in [0.1, 0.15) is 9.88 Å². The first-order valence-electron chi connectivity index (χ1n) is 5.69. The monoisotopic (exact) mass is 273 g/mol. The van der Waals surface area contributed by atoms with Crippen molar-refractivity contribution >= 4 is 29.1 Å². The molecule has 0 aliphatic heterocycles. The molecule has 0 aliphatic rings. The average Bonchev–Trinajstić information content (AvgIpc) is 2.58. The van der Waals surface area contributed by atoms with Crippen LogP contribution < -0.4 is 0 Å². The largest absolute Gasteiger partial charge is 0.477 e. The number of rotatable bonds is 5. The van der Waals surface area contributed by atoms with Crippen molar-refractivity contribution in [2.75, 3.05) is 0 Å². The van der Waals surface area contributed by atoms with Gasteiger partial charge in [-0.2, -0.15) is 0 Å². The van der Waals surface area contributed by atoms with E-state index in [1.54, 1.807) is 11.8 Å². The number of hydrogen-bond acceptors (Lipinski definition) is 4. The fourth-order valence-corrected chi connectivity index (χ4v) is 3.09. The summed E-state index contributed by atoms with van der Waals surface area (Å²) in [6, 6.07) is 0. The Labute approximate surface area is 111 Å². The first-order valence-corrected chi connectivity index (χ1v) is 7.49. The summed E-state index contributed by atoms with van der Waals surface area (Å²) in [5.74, 6) is -0.0593. The molecule has 0 aromatic carbocycles. The van der Waals surface area contributed by atoms with Crippen LogP contribution in [-0.4, -0.2) is 20.8 Å². The summed E-state index contributed by atoms with van der Waals surface area (Å²) < 4.78 is 0.181. The number of thiazole rings is 1. The third-order valence-corrected chi connectivity index (χ3v) is 4.60. The van der Waals surface area contributed by atoms with E-state index in [0.29, 0.717) is 4.88 Å². The summed E-state index contributed by atoms with van der Waals surface area (Å²) >= 11 is 3.11. The first-order chi connectivity index (χ1) is 7.83. The van der Waals surface area contributed by atoms with E-state index in [1.807, 2.05) is 6.92 Å². The Balaban J connectivity index is 2.81. The standard InChI is InChI=1S/C12H19NO2S2/c1-5-6-8-10(11(14)15)17-9(13-8)7-16-12(2,3)4/h5-7H2,1-4H3,(H,14,15). The van der Waals surface area contributed by atoms with Crippen molar-refractivity contribution in [2.45, 2.75) is 51.0 Å². The second kappa shape index (κ2) is 5.87. The van der Waals surface area contributed by atoms with Crippen LogP contribution in [0.3, 0.4) is 0 Å². The first kappa shape index (κ1) is 14.5. The average molecular weight is 273 g/mol. The number of aryl methyl sites for hydroxylation is 1. The van der Waals surface area contributed by atoms with E-state index in [2.05, 4.69) is 25.8 Å². The Bertz CT molecular complexity index is 394. The molecule has 0 radical (unpaired) electrons. The maximum absolute atomic E-state index is 11.1. The summed E-state index contributed by atoms with van der Waals surface area (Å²) in [5, 5.41) is 10.0. The quantitative estimate of drug-likeness (QED) is 0.886. The molecule has 0 bridgehead atoms. The van der Waals surface area contributed by atoms with E-state index in [1.165, 1.54) is 11.3 Å². The van der Waals surface area contributed by atoms with Gasteiger partial charge < -0.3 is 5.11 Å². The number of nitrogens with zero attached hydrogens (tertiary/aromatic N) is 1. The number of aromatic carboxylic acids is 1. The molecule has 5 heteroatoms. The minimum absolute atomic E-state index is 0.181. The summed E-state index contributed by atoms with van der Waals surface area (Å²) in [6.45, 7) is 8.48. The van der Waals surface area contributed by atoms with Crippen LogP contribution in [0.15, 0.2) is 0 Å². The Morgan fingerprint density at radius 2 is 2.12 bits per heavy atom. The van der Waals surface area contributed by atoms with Crippen molar-refractivity contribution in [3.8, 4) is 0 Å². The van der Waals surface area contributed by atoms with Gasteiger partial charge in [0.15, 0.2) is 0 Å². The molecular formula is C12H19NO2S2. The highest BCUT2D eigenvalue weighted by molar-refractivity contribution is 7.99. The normalized spacial score (nSPS) is 11.8. The summed E-state index contributed by atoms with van der Waals surface area (Å²) in [4.78, 5) is 15.9. The van der Waals surface area contributed by atoms with Crippen LogP contribution in [0.1, 0.15) is 54.5 Å². The SMILES string of the molecule is CCCc1nc(CSC(C)(C)C)sc1C(=O)O. The third kappa shape index (κ3) is 4.68. The number of carboxylic acids is 1. The molecule has 0 fully saturated rings. The maximum Gasteiger partial charge on any atom is 0.347 e. The molecule has 1 heterocycles. The van der Waals surface area contributed by atoms with Crippen LogP contribution >= 0.6 is 23.1 Å². The molecule has 1 N–H and O–H groups in total. The highest BCUT2D eigenvalue weighted by atomic mass is 32.2. The van der Waals surface area contributed by atoms with Crippen molar-refractivity contribution < 1.29 is 9.90 Å². The number of thioether (sulfide) groups is 1. The minimum atomic E-state index is -0.849. The summed E-state index contributed by atoms with van der Waals surface area (Å²) in [5.41, 5.74) is 0.745. The molecule has 0 spiro atoms. The molecule has 0 unspecified atom stereocenters. The highest BCUT2D eigenvalue weighted by Gasteiger charge is 2.18. The molecule has 1 rings (SSSR count). The molecular weight excluding hydrogens is 254 g/mol. The van der Waals surface area contributed by atoms with Gasteiger partial charge in [-0.1, -0.05) is 34.1 Å². The van der Waals surface area contributed by atoms with Gasteiger partial charge in [0, 0.05) is 10.5 Å². The molecule has 3 nitrogen and oxygen atoms in total. The van der Waals surface area contributed by atoms with Crippen molar-refractivity contribution in [3.63, 3.8) is 0 Å². The zero-order chi connectivity index (χ0) is 13.1. The Kier molecular flexibility index (Phi) is 5.01. The molecule has 0 amide bonds. The molecule has 1 aromatic heterocycles. The van der Waals surface area contributed by atoms with Crippen LogP contribution in [0.5, 0.6) is 0 Å². The maximum atomic E-state index is 11.1. The Morgan fingerprint density at radius 1 is 1.47 bits per heavy atom. The molecule has 1 aromatic rings. The number of hydrogen-bond donors (Lipinski definition) is 1. The number of aromatic nitrogens is 1. The zero-order valence-corrected chi connectivity index (χ0v) is 12.4. The van der Waals surface area contributed by atoms with E-state index < -0.39 is 5.97 Å². The van der Waals surface area contributed by atoms with Crippen LogP contribution in [0.25, 0.3) is 0 Å². The lowest BCUT2D eigenvalue weighted by atomic mass is 10.2. The van der Waals surface area contributed by atoms with E-state index >= 15 is 0 Å². The molecule has 96 valence electrons. The highest BCUT2D eigenvalue weighted by Crippen LogP contribution is 2.30. The van der Waals surface area contributed by atoms with E-state index in [0.717, 1.165) is 29.3 Å². The van der Waals surface area contributed by atoms with Gasteiger partial charge in [0.05, 0.1) is 5.69 Å². The topological polar surface area (TPSA) is 50.2 Å². The van der Waals surface area contributed by atoms with Crippen LogP contribution in [0.4, 0.5) is 0 Å². The molecule has 0 atom stereocenters. The summed E-state index contributed by atoms with van der Waals surface area (Å²) in [7, 11) is 0. The van der Waals surface area contributed by atoms with Gasteiger partial charge in [0.25, 0.3) is 0 Å². The molecule has 0 aliphatic carbocycles. The number of carboxylic acid groups (broad SMARTS) is 1. The van der Waals surface area contributed by atoms with Gasteiger partial charge >= 0.3 is 5.97 Å². The second-order valence-corrected chi connectivity index (χ2v) is 7.73. The molecule has 17 heavy (non-hydrogen) atoms. The molecule has 0 saturated carbocycles. The van der Waals surface area contributed by atoms with E-state index in [-0.39, 0.29) is 4.75 Å². The fraction of sp³-hybridized carbons (Fsp3) is 0.667.